The van der Waals surface area contributed by atoms with E-state index in [1.54, 1.807) is 13.2 Å². The molecule has 27 heavy (non-hydrogen) atoms. The average Bonchev–Trinajstić information content (AvgIpc) is 3.16. The summed E-state index contributed by atoms with van der Waals surface area (Å²) in [5, 5.41) is 16.2. The number of likely N-dealkylation sites (tertiary alicyclic amines) is 1. The number of benzene rings is 1. The van der Waals surface area contributed by atoms with Crippen LogP contribution in [0.4, 0.5) is 5.00 Å². The molecule has 144 valence electrons. The largest absolute Gasteiger partial charge is 0.496 e. The van der Waals surface area contributed by atoms with Gasteiger partial charge in [-0.15, -0.1) is 0 Å². The SMILES string of the molecule is COc1ccccc1CC(=O)N1CCC(NCc2csc([N+](=O)[O-])c2)CC1. The standard InChI is InChI=1S/C19H23N3O4S/c1-26-17-5-3-2-4-15(17)11-18(23)21-8-6-16(7-9-21)20-12-14-10-19(22(24)25)27-13-14/h2-5,10,13,16,20H,6-9,11-12H2,1H3. The van der Waals surface area contributed by atoms with Crippen molar-refractivity contribution in [3.63, 3.8) is 0 Å². The average molecular weight is 389 g/mol. The van der Waals surface area contributed by atoms with Gasteiger partial charge in [-0.25, -0.2) is 0 Å². The quantitative estimate of drug-likeness (QED) is 0.581. The lowest BCUT2D eigenvalue weighted by atomic mass is 10.0. The van der Waals surface area contributed by atoms with E-state index in [0.29, 0.717) is 19.0 Å². The first-order chi connectivity index (χ1) is 13.1. The van der Waals surface area contributed by atoms with Crippen LogP contribution in [0.25, 0.3) is 0 Å². The molecule has 0 spiro atoms. The summed E-state index contributed by atoms with van der Waals surface area (Å²) < 4.78 is 5.32. The van der Waals surface area contributed by atoms with Crippen molar-refractivity contribution in [1.29, 1.82) is 0 Å². The molecule has 2 aromatic rings. The van der Waals surface area contributed by atoms with Gasteiger partial charge in [0, 0.05) is 42.7 Å². The van der Waals surface area contributed by atoms with Crippen LogP contribution < -0.4 is 10.1 Å². The second-order valence-corrected chi connectivity index (χ2v) is 7.46. The van der Waals surface area contributed by atoms with Crippen LogP contribution in [0.5, 0.6) is 5.75 Å². The molecule has 1 fully saturated rings. The highest BCUT2D eigenvalue weighted by Gasteiger charge is 2.23. The number of para-hydroxylation sites is 1. The Kier molecular flexibility index (Phi) is 6.41. The number of carbonyl (C=O) groups is 1. The Bertz CT molecular complexity index is 800. The molecule has 7 nitrogen and oxygen atoms in total. The minimum atomic E-state index is -0.361. The predicted octanol–water partition coefficient (Wildman–Crippen LogP) is 2.99. The number of ether oxygens (including phenoxy) is 1. The third-order valence-corrected chi connectivity index (χ3v) is 5.73. The molecule has 0 saturated carbocycles. The third-order valence-electron chi connectivity index (χ3n) is 4.80. The molecule has 0 unspecified atom stereocenters. The topological polar surface area (TPSA) is 84.7 Å². The molecule has 8 heteroatoms. The van der Waals surface area contributed by atoms with Crippen LogP contribution in [-0.2, 0) is 17.8 Å². The number of nitrogens with one attached hydrogen (secondary N) is 1. The van der Waals surface area contributed by atoms with Crippen LogP contribution in [0.3, 0.4) is 0 Å². The maximum Gasteiger partial charge on any atom is 0.324 e. The first-order valence-electron chi connectivity index (χ1n) is 8.91. The summed E-state index contributed by atoms with van der Waals surface area (Å²) in [5.41, 5.74) is 1.84. The molecule has 1 aliphatic rings. The third kappa shape index (κ3) is 5.05. The van der Waals surface area contributed by atoms with Crippen molar-refractivity contribution in [2.75, 3.05) is 20.2 Å². The summed E-state index contributed by atoms with van der Waals surface area (Å²) in [6.45, 7) is 2.05. The second kappa shape index (κ2) is 8.96. The second-order valence-electron chi connectivity index (χ2n) is 6.57. The summed E-state index contributed by atoms with van der Waals surface area (Å²) in [6, 6.07) is 9.53. The normalized spacial score (nSPS) is 14.9. The molecule has 1 aliphatic heterocycles. The molecule has 1 aromatic carbocycles. The minimum absolute atomic E-state index is 0.117. The zero-order valence-corrected chi connectivity index (χ0v) is 16.0. The highest BCUT2D eigenvalue weighted by molar-refractivity contribution is 7.13. The number of piperidine rings is 1. The van der Waals surface area contributed by atoms with E-state index in [2.05, 4.69) is 5.32 Å². The van der Waals surface area contributed by atoms with Gasteiger partial charge >= 0.3 is 5.00 Å². The van der Waals surface area contributed by atoms with E-state index in [1.807, 2.05) is 34.5 Å². The molecule has 0 atom stereocenters. The van der Waals surface area contributed by atoms with Crippen molar-refractivity contribution < 1.29 is 14.5 Å². The fraction of sp³-hybridized carbons (Fsp3) is 0.421. The van der Waals surface area contributed by atoms with Crippen molar-refractivity contribution in [2.45, 2.75) is 31.8 Å². The molecule has 3 rings (SSSR count). The summed E-state index contributed by atoms with van der Waals surface area (Å²) in [7, 11) is 1.61. The molecule has 1 saturated heterocycles. The van der Waals surface area contributed by atoms with E-state index < -0.39 is 0 Å². The van der Waals surface area contributed by atoms with Crippen LogP contribution in [0.2, 0.25) is 0 Å². The van der Waals surface area contributed by atoms with Crippen molar-refractivity contribution in [1.82, 2.24) is 10.2 Å². The molecular formula is C19H23N3O4S. The van der Waals surface area contributed by atoms with Gasteiger partial charge in [0.2, 0.25) is 5.91 Å². The van der Waals surface area contributed by atoms with Gasteiger partial charge in [0.15, 0.2) is 0 Å². The fourth-order valence-corrected chi connectivity index (χ4v) is 4.00. The van der Waals surface area contributed by atoms with Gasteiger partial charge in [-0.3, -0.25) is 14.9 Å². The summed E-state index contributed by atoms with van der Waals surface area (Å²) in [4.78, 5) is 24.9. The van der Waals surface area contributed by atoms with E-state index in [0.717, 1.165) is 54.1 Å². The minimum Gasteiger partial charge on any atom is -0.496 e. The molecular weight excluding hydrogens is 366 g/mol. The Morgan fingerprint density at radius 1 is 1.37 bits per heavy atom. The van der Waals surface area contributed by atoms with E-state index in [-0.39, 0.29) is 15.8 Å². The van der Waals surface area contributed by atoms with Crippen LogP contribution in [-0.4, -0.2) is 42.0 Å². The zero-order chi connectivity index (χ0) is 19.2. The lowest BCUT2D eigenvalue weighted by Gasteiger charge is -2.32. The van der Waals surface area contributed by atoms with Crippen LogP contribution in [0, 0.1) is 10.1 Å². The van der Waals surface area contributed by atoms with E-state index in [9.17, 15) is 14.9 Å². The first-order valence-corrected chi connectivity index (χ1v) is 9.79. The highest BCUT2D eigenvalue weighted by Crippen LogP contribution is 2.23. The lowest BCUT2D eigenvalue weighted by molar-refractivity contribution is -0.380. The zero-order valence-electron chi connectivity index (χ0n) is 15.2. The molecule has 0 radical (unpaired) electrons. The molecule has 1 amide bonds. The van der Waals surface area contributed by atoms with E-state index in [1.165, 1.54) is 0 Å². The Balaban J connectivity index is 1.45. The number of hydrogen-bond acceptors (Lipinski definition) is 6. The van der Waals surface area contributed by atoms with Gasteiger partial charge in [0.25, 0.3) is 0 Å². The van der Waals surface area contributed by atoms with Crippen molar-refractivity contribution >= 4 is 22.2 Å². The number of hydrogen-bond donors (Lipinski definition) is 1. The molecule has 1 aromatic heterocycles. The van der Waals surface area contributed by atoms with Gasteiger partial charge in [0.05, 0.1) is 18.5 Å². The number of amides is 1. The molecule has 0 bridgehead atoms. The molecule has 2 heterocycles. The lowest BCUT2D eigenvalue weighted by Crippen LogP contribution is -2.45. The smallest absolute Gasteiger partial charge is 0.324 e. The van der Waals surface area contributed by atoms with Crippen molar-refractivity contribution in [3.8, 4) is 5.75 Å². The highest BCUT2D eigenvalue weighted by atomic mass is 32.1. The summed E-state index contributed by atoms with van der Waals surface area (Å²) in [5.74, 6) is 0.860. The van der Waals surface area contributed by atoms with Crippen LogP contribution in [0.15, 0.2) is 35.7 Å². The number of nitrogens with zero attached hydrogens (tertiary/aromatic N) is 2. The summed E-state index contributed by atoms with van der Waals surface area (Å²) in [6.07, 6.45) is 2.11. The number of rotatable bonds is 7. The maximum absolute atomic E-state index is 12.6. The van der Waals surface area contributed by atoms with Crippen molar-refractivity contribution in [2.24, 2.45) is 0 Å². The molecule has 1 N–H and O–H groups in total. The maximum atomic E-state index is 12.6. The number of methoxy groups -OCH3 is 1. The Morgan fingerprint density at radius 3 is 2.78 bits per heavy atom. The Morgan fingerprint density at radius 2 is 2.11 bits per heavy atom. The van der Waals surface area contributed by atoms with Crippen LogP contribution >= 0.6 is 11.3 Å². The Hall–Kier alpha value is -2.45. The first kappa shape index (κ1) is 19.3. The predicted molar refractivity (Wildman–Crippen MR) is 104 cm³/mol. The number of thiophene rings is 1. The number of carbonyl (C=O) groups excluding carboxylic acids is 1. The summed E-state index contributed by atoms with van der Waals surface area (Å²) >= 11 is 1.15. The monoisotopic (exact) mass is 389 g/mol. The van der Waals surface area contributed by atoms with Crippen molar-refractivity contribution in [3.05, 3.63) is 57.0 Å². The van der Waals surface area contributed by atoms with Crippen LogP contribution in [0.1, 0.15) is 24.0 Å². The number of nitro groups is 1. The van der Waals surface area contributed by atoms with Gasteiger partial charge in [-0.05, 0) is 24.5 Å². The van der Waals surface area contributed by atoms with E-state index in [4.69, 9.17) is 4.74 Å². The Labute approximate surface area is 162 Å². The van der Waals surface area contributed by atoms with Gasteiger partial charge in [0.1, 0.15) is 5.75 Å². The van der Waals surface area contributed by atoms with Gasteiger partial charge in [-0.2, -0.15) is 0 Å². The van der Waals surface area contributed by atoms with Gasteiger partial charge in [-0.1, -0.05) is 29.5 Å². The van der Waals surface area contributed by atoms with Gasteiger partial charge < -0.3 is 15.0 Å². The fourth-order valence-electron chi connectivity index (χ4n) is 3.27. The molecule has 0 aliphatic carbocycles. The van der Waals surface area contributed by atoms with E-state index >= 15 is 0 Å².